The summed E-state index contributed by atoms with van der Waals surface area (Å²) < 4.78 is 1.93. The second-order valence-corrected chi connectivity index (χ2v) is 6.12. The van der Waals surface area contributed by atoms with Gasteiger partial charge in [-0.3, -0.25) is 4.79 Å². The zero-order valence-electron chi connectivity index (χ0n) is 13.8. The molecule has 0 aliphatic heterocycles. The molecular formula is C17H30N2O. The number of rotatable bonds is 8. The Balaban J connectivity index is 2.88. The predicted octanol–water partition coefficient (Wildman–Crippen LogP) is 3.40. The molecule has 0 fully saturated rings. The van der Waals surface area contributed by atoms with Crippen LogP contribution in [0.4, 0.5) is 0 Å². The molecule has 0 atom stereocenters. The average Bonchev–Trinajstić information content (AvgIpc) is 2.36. The number of pyridine rings is 1. The first-order valence-corrected chi connectivity index (χ1v) is 7.88. The van der Waals surface area contributed by atoms with Crippen LogP contribution < -0.4 is 10.9 Å². The lowest BCUT2D eigenvalue weighted by atomic mass is 10.1. The van der Waals surface area contributed by atoms with Crippen LogP contribution in [0.5, 0.6) is 0 Å². The van der Waals surface area contributed by atoms with Crippen LogP contribution in [0.3, 0.4) is 0 Å². The van der Waals surface area contributed by atoms with Crippen molar-refractivity contribution in [3.63, 3.8) is 0 Å². The molecular weight excluding hydrogens is 248 g/mol. The van der Waals surface area contributed by atoms with E-state index in [2.05, 4.69) is 32.2 Å². The number of nitrogens with zero attached hydrogens (tertiary/aromatic N) is 1. The normalized spacial score (nSPS) is 11.3. The Morgan fingerprint density at radius 1 is 1.30 bits per heavy atom. The van der Waals surface area contributed by atoms with Gasteiger partial charge < -0.3 is 9.88 Å². The summed E-state index contributed by atoms with van der Waals surface area (Å²) in [6.07, 6.45) is 3.39. The van der Waals surface area contributed by atoms with Gasteiger partial charge in [0.1, 0.15) is 0 Å². The van der Waals surface area contributed by atoms with Crippen LogP contribution in [0, 0.1) is 19.8 Å². The highest BCUT2D eigenvalue weighted by molar-refractivity contribution is 5.26. The highest BCUT2D eigenvalue weighted by atomic mass is 16.1. The molecule has 3 nitrogen and oxygen atoms in total. The van der Waals surface area contributed by atoms with Crippen molar-refractivity contribution in [1.82, 2.24) is 9.88 Å². The van der Waals surface area contributed by atoms with Crippen LogP contribution in [-0.2, 0) is 13.1 Å². The minimum absolute atomic E-state index is 0.187. The third kappa shape index (κ3) is 4.78. The monoisotopic (exact) mass is 278 g/mol. The molecule has 0 amide bonds. The first kappa shape index (κ1) is 17.0. The minimum atomic E-state index is 0.187. The van der Waals surface area contributed by atoms with Gasteiger partial charge in [0.05, 0.1) is 0 Å². The highest BCUT2D eigenvalue weighted by Crippen LogP contribution is 2.09. The van der Waals surface area contributed by atoms with Crippen molar-refractivity contribution in [3.8, 4) is 0 Å². The number of unbranched alkanes of at least 4 members (excludes halogenated alkanes) is 1. The number of hydrogen-bond acceptors (Lipinski definition) is 2. The summed E-state index contributed by atoms with van der Waals surface area (Å²) in [7, 11) is 0. The fraction of sp³-hybridized carbons (Fsp3) is 0.706. The van der Waals surface area contributed by atoms with Gasteiger partial charge in [0, 0.05) is 24.3 Å². The lowest BCUT2D eigenvalue weighted by Crippen LogP contribution is -2.30. The summed E-state index contributed by atoms with van der Waals surface area (Å²) in [4.78, 5) is 12.6. The van der Waals surface area contributed by atoms with E-state index in [0.717, 1.165) is 42.8 Å². The molecule has 0 saturated heterocycles. The van der Waals surface area contributed by atoms with E-state index in [1.807, 2.05) is 18.4 Å². The summed E-state index contributed by atoms with van der Waals surface area (Å²) in [6, 6.07) is 2.14. The van der Waals surface area contributed by atoms with E-state index < -0.39 is 0 Å². The van der Waals surface area contributed by atoms with Crippen LogP contribution in [-0.4, -0.2) is 11.1 Å². The highest BCUT2D eigenvalue weighted by Gasteiger charge is 2.10. The Kier molecular flexibility index (Phi) is 7.00. The smallest absolute Gasteiger partial charge is 0.255 e. The Morgan fingerprint density at radius 2 is 2.00 bits per heavy atom. The number of nitrogens with one attached hydrogen (secondary N) is 1. The van der Waals surface area contributed by atoms with Crippen molar-refractivity contribution in [1.29, 1.82) is 0 Å². The lowest BCUT2D eigenvalue weighted by molar-refractivity contribution is 0.497. The number of hydrogen-bond donors (Lipinski definition) is 1. The summed E-state index contributed by atoms with van der Waals surface area (Å²) in [6.45, 7) is 13.1. The van der Waals surface area contributed by atoms with Gasteiger partial charge in [-0.25, -0.2) is 0 Å². The van der Waals surface area contributed by atoms with Gasteiger partial charge >= 0.3 is 0 Å². The molecule has 0 saturated carbocycles. The molecule has 1 N–H and O–H groups in total. The zero-order valence-corrected chi connectivity index (χ0v) is 13.8. The van der Waals surface area contributed by atoms with Crippen LogP contribution >= 0.6 is 0 Å². The molecule has 1 rings (SSSR count). The van der Waals surface area contributed by atoms with E-state index in [4.69, 9.17) is 0 Å². The van der Waals surface area contributed by atoms with E-state index in [1.165, 1.54) is 6.42 Å². The van der Waals surface area contributed by atoms with Crippen molar-refractivity contribution < 1.29 is 0 Å². The molecule has 3 heteroatoms. The molecule has 0 radical (unpaired) electrons. The van der Waals surface area contributed by atoms with Crippen molar-refractivity contribution in [3.05, 3.63) is 33.2 Å². The predicted molar refractivity (Wildman–Crippen MR) is 86.2 cm³/mol. The quantitative estimate of drug-likeness (QED) is 0.740. The first-order valence-electron chi connectivity index (χ1n) is 7.88. The Labute approximate surface area is 123 Å². The van der Waals surface area contributed by atoms with E-state index in [0.29, 0.717) is 12.5 Å². The summed E-state index contributed by atoms with van der Waals surface area (Å²) in [5, 5.41) is 3.38. The van der Waals surface area contributed by atoms with Crippen molar-refractivity contribution in [2.45, 2.75) is 67.0 Å². The average molecular weight is 278 g/mol. The SMILES string of the molecule is CCCCNCc1c(C)cc(C)n(CCC(C)C)c1=O. The second kappa shape index (κ2) is 8.25. The van der Waals surface area contributed by atoms with Crippen LogP contribution in [0.15, 0.2) is 10.9 Å². The fourth-order valence-electron chi connectivity index (χ4n) is 2.37. The van der Waals surface area contributed by atoms with E-state index in [9.17, 15) is 4.79 Å². The fourth-order valence-corrected chi connectivity index (χ4v) is 2.37. The molecule has 0 aromatic carbocycles. The van der Waals surface area contributed by atoms with Gasteiger partial charge in [-0.2, -0.15) is 0 Å². The van der Waals surface area contributed by atoms with Gasteiger partial charge in [0.15, 0.2) is 0 Å². The Hall–Kier alpha value is -1.09. The maximum absolute atomic E-state index is 12.6. The van der Waals surface area contributed by atoms with Crippen LogP contribution in [0.2, 0.25) is 0 Å². The van der Waals surface area contributed by atoms with Gasteiger partial charge in [-0.1, -0.05) is 27.2 Å². The third-order valence-electron chi connectivity index (χ3n) is 3.77. The first-order chi connectivity index (χ1) is 9.47. The molecule has 0 aliphatic rings. The van der Waals surface area contributed by atoms with E-state index in [-0.39, 0.29) is 5.56 Å². The van der Waals surface area contributed by atoms with E-state index in [1.54, 1.807) is 0 Å². The molecule has 20 heavy (non-hydrogen) atoms. The number of aryl methyl sites for hydroxylation is 2. The zero-order chi connectivity index (χ0) is 15.1. The standard InChI is InChI=1S/C17H30N2O/c1-6-7-9-18-12-16-14(4)11-15(5)19(17(16)20)10-8-13(2)3/h11,13,18H,6-10,12H2,1-5H3. The second-order valence-electron chi connectivity index (χ2n) is 6.12. The molecule has 1 aromatic rings. The summed E-state index contributed by atoms with van der Waals surface area (Å²) in [5.41, 5.74) is 3.30. The molecule has 114 valence electrons. The Morgan fingerprint density at radius 3 is 2.60 bits per heavy atom. The number of aromatic nitrogens is 1. The maximum atomic E-state index is 12.6. The van der Waals surface area contributed by atoms with Gasteiger partial charge in [0.25, 0.3) is 5.56 Å². The van der Waals surface area contributed by atoms with E-state index >= 15 is 0 Å². The molecule has 0 unspecified atom stereocenters. The minimum Gasteiger partial charge on any atom is -0.313 e. The Bertz CT molecular complexity index is 475. The molecule has 0 aliphatic carbocycles. The lowest BCUT2D eigenvalue weighted by Gasteiger charge is -2.16. The van der Waals surface area contributed by atoms with Gasteiger partial charge in [-0.15, -0.1) is 0 Å². The molecule has 0 bridgehead atoms. The van der Waals surface area contributed by atoms with Crippen LogP contribution in [0.1, 0.15) is 56.9 Å². The molecule has 0 spiro atoms. The van der Waals surface area contributed by atoms with Gasteiger partial charge in [-0.05, 0) is 50.8 Å². The largest absolute Gasteiger partial charge is 0.313 e. The van der Waals surface area contributed by atoms with Crippen molar-refractivity contribution >= 4 is 0 Å². The van der Waals surface area contributed by atoms with Crippen molar-refractivity contribution in [2.75, 3.05) is 6.54 Å². The van der Waals surface area contributed by atoms with Gasteiger partial charge in [0.2, 0.25) is 0 Å². The summed E-state index contributed by atoms with van der Waals surface area (Å²) >= 11 is 0. The third-order valence-corrected chi connectivity index (χ3v) is 3.77. The molecule has 1 aromatic heterocycles. The summed E-state index contributed by atoms with van der Waals surface area (Å²) in [5.74, 6) is 0.619. The molecule has 1 heterocycles. The maximum Gasteiger partial charge on any atom is 0.255 e. The topological polar surface area (TPSA) is 34.0 Å². The van der Waals surface area contributed by atoms with Crippen molar-refractivity contribution in [2.24, 2.45) is 5.92 Å². The van der Waals surface area contributed by atoms with Crippen LogP contribution in [0.25, 0.3) is 0 Å².